The summed E-state index contributed by atoms with van der Waals surface area (Å²) in [7, 11) is 0. The molecule has 4 nitrogen and oxygen atoms in total. The number of hydrogen-bond acceptors (Lipinski definition) is 2. The lowest BCUT2D eigenvalue weighted by atomic mass is 9.90. The molecule has 0 heterocycles. The van der Waals surface area contributed by atoms with E-state index in [4.69, 9.17) is 5.11 Å². The summed E-state index contributed by atoms with van der Waals surface area (Å²) < 4.78 is 0. The van der Waals surface area contributed by atoms with E-state index in [1.807, 2.05) is 0 Å². The van der Waals surface area contributed by atoms with Gasteiger partial charge in [-0.15, -0.1) is 0 Å². The van der Waals surface area contributed by atoms with Gasteiger partial charge in [-0.3, -0.25) is 0 Å². The van der Waals surface area contributed by atoms with Crippen LogP contribution in [-0.2, 0) is 0 Å². The lowest BCUT2D eigenvalue weighted by Gasteiger charge is -2.32. The minimum Gasteiger partial charge on any atom is -0.393 e. The molecule has 2 rings (SSSR count). The summed E-state index contributed by atoms with van der Waals surface area (Å²) >= 11 is 0. The zero-order chi connectivity index (χ0) is 9.97. The van der Waals surface area contributed by atoms with Crippen molar-refractivity contribution >= 4 is 6.03 Å². The van der Waals surface area contributed by atoms with Crippen molar-refractivity contribution in [3.63, 3.8) is 0 Å². The van der Waals surface area contributed by atoms with Gasteiger partial charge in [0, 0.05) is 12.1 Å². The van der Waals surface area contributed by atoms with E-state index in [1.54, 1.807) is 0 Å². The molecule has 2 aliphatic carbocycles. The normalized spacial score (nSPS) is 32.4. The molecule has 0 radical (unpaired) electrons. The Balaban J connectivity index is 1.63. The van der Waals surface area contributed by atoms with E-state index in [9.17, 15) is 4.79 Å². The number of carbonyl (C=O) groups excluding carboxylic acids is 1. The first-order chi connectivity index (χ1) is 6.74. The molecular weight excluding hydrogens is 180 g/mol. The van der Waals surface area contributed by atoms with Crippen LogP contribution in [0.1, 0.15) is 38.5 Å². The van der Waals surface area contributed by atoms with Gasteiger partial charge >= 0.3 is 6.03 Å². The topological polar surface area (TPSA) is 61.4 Å². The van der Waals surface area contributed by atoms with Crippen LogP contribution in [0.4, 0.5) is 4.79 Å². The van der Waals surface area contributed by atoms with Gasteiger partial charge in [-0.05, 0) is 25.7 Å². The zero-order valence-corrected chi connectivity index (χ0v) is 8.33. The Morgan fingerprint density at radius 2 is 1.64 bits per heavy atom. The first-order valence-corrected chi connectivity index (χ1v) is 5.49. The maximum Gasteiger partial charge on any atom is 0.315 e. The van der Waals surface area contributed by atoms with Gasteiger partial charge in [0.15, 0.2) is 0 Å². The molecule has 0 aromatic carbocycles. The van der Waals surface area contributed by atoms with Crippen LogP contribution in [0, 0.1) is 0 Å². The highest BCUT2D eigenvalue weighted by Gasteiger charge is 2.29. The summed E-state index contributed by atoms with van der Waals surface area (Å²) in [5, 5.41) is 14.9. The Hall–Kier alpha value is -0.770. The molecule has 0 spiro atoms. The first kappa shape index (κ1) is 9.77. The van der Waals surface area contributed by atoms with Gasteiger partial charge < -0.3 is 15.7 Å². The maximum atomic E-state index is 11.4. The molecule has 80 valence electrons. The van der Waals surface area contributed by atoms with Gasteiger partial charge in [-0.1, -0.05) is 12.8 Å². The van der Waals surface area contributed by atoms with Crippen molar-refractivity contribution in [3.05, 3.63) is 0 Å². The summed E-state index contributed by atoms with van der Waals surface area (Å²) in [5.74, 6) is 0. The van der Waals surface area contributed by atoms with Crippen LogP contribution in [0.3, 0.4) is 0 Å². The third kappa shape index (κ3) is 2.38. The molecule has 0 unspecified atom stereocenters. The average molecular weight is 198 g/mol. The first-order valence-electron chi connectivity index (χ1n) is 5.49. The number of hydrogen-bond donors (Lipinski definition) is 3. The molecule has 2 fully saturated rings. The van der Waals surface area contributed by atoms with Gasteiger partial charge in [-0.2, -0.15) is 0 Å². The predicted molar refractivity (Wildman–Crippen MR) is 53.0 cm³/mol. The van der Waals surface area contributed by atoms with Crippen molar-refractivity contribution in [1.82, 2.24) is 10.6 Å². The number of urea groups is 1. The molecule has 0 saturated heterocycles. The number of aliphatic hydroxyl groups is 1. The van der Waals surface area contributed by atoms with Crippen molar-refractivity contribution < 1.29 is 9.90 Å². The fourth-order valence-corrected chi connectivity index (χ4v) is 2.19. The molecule has 0 aliphatic heterocycles. The van der Waals surface area contributed by atoms with E-state index < -0.39 is 0 Å². The van der Waals surface area contributed by atoms with Crippen molar-refractivity contribution in [2.75, 3.05) is 0 Å². The van der Waals surface area contributed by atoms with Crippen molar-refractivity contribution in [2.45, 2.75) is 56.7 Å². The van der Waals surface area contributed by atoms with E-state index >= 15 is 0 Å². The fourth-order valence-electron chi connectivity index (χ4n) is 2.19. The van der Waals surface area contributed by atoms with Crippen LogP contribution < -0.4 is 10.6 Å². The summed E-state index contributed by atoms with van der Waals surface area (Å²) in [5.41, 5.74) is 0. The lowest BCUT2D eigenvalue weighted by Crippen LogP contribution is -2.51. The molecule has 2 aliphatic rings. The molecule has 2 saturated carbocycles. The quantitative estimate of drug-likeness (QED) is 0.613. The van der Waals surface area contributed by atoms with Gasteiger partial charge in [0.1, 0.15) is 0 Å². The second kappa shape index (κ2) is 4.17. The highest BCUT2D eigenvalue weighted by molar-refractivity contribution is 5.74. The van der Waals surface area contributed by atoms with E-state index in [1.165, 1.54) is 12.8 Å². The second-order valence-electron chi connectivity index (χ2n) is 4.42. The summed E-state index contributed by atoms with van der Waals surface area (Å²) in [6, 6.07) is 0.500. The highest BCUT2D eigenvalue weighted by Crippen LogP contribution is 2.20. The number of nitrogens with one attached hydrogen (secondary N) is 2. The molecule has 3 N–H and O–H groups in total. The SMILES string of the molecule is O=C(NC1CCCC1)NC1CC(O)C1. The lowest BCUT2D eigenvalue weighted by molar-refractivity contribution is 0.0661. The average Bonchev–Trinajstić information content (AvgIpc) is 2.54. The van der Waals surface area contributed by atoms with Crippen LogP contribution in [0.15, 0.2) is 0 Å². The maximum absolute atomic E-state index is 11.4. The molecular formula is C10H18N2O2. The third-order valence-electron chi connectivity index (χ3n) is 3.14. The minimum atomic E-state index is -0.202. The Morgan fingerprint density at radius 3 is 2.21 bits per heavy atom. The standard InChI is InChI=1S/C10H18N2O2/c13-9-5-8(6-9)12-10(14)11-7-3-1-2-4-7/h7-9,13H,1-6H2,(H2,11,12,14). The van der Waals surface area contributed by atoms with Gasteiger partial charge in [-0.25, -0.2) is 4.79 Å². The van der Waals surface area contributed by atoms with E-state index in [-0.39, 0.29) is 18.2 Å². The van der Waals surface area contributed by atoms with Crippen LogP contribution in [0.2, 0.25) is 0 Å². The summed E-state index contributed by atoms with van der Waals surface area (Å²) in [4.78, 5) is 11.4. The highest BCUT2D eigenvalue weighted by atomic mass is 16.3. The minimum absolute atomic E-state index is 0.0613. The number of rotatable bonds is 2. The Bertz CT molecular complexity index is 208. The van der Waals surface area contributed by atoms with E-state index in [2.05, 4.69) is 10.6 Å². The van der Waals surface area contributed by atoms with Crippen LogP contribution >= 0.6 is 0 Å². The summed E-state index contributed by atoms with van der Waals surface area (Å²) in [6.45, 7) is 0. The van der Waals surface area contributed by atoms with Crippen molar-refractivity contribution in [1.29, 1.82) is 0 Å². The van der Waals surface area contributed by atoms with Gasteiger partial charge in [0.2, 0.25) is 0 Å². The van der Waals surface area contributed by atoms with Crippen LogP contribution in [0.25, 0.3) is 0 Å². The Morgan fingerprint density at radius 1 is 1.07 bits per heavy atom. The molecule has 14 heavy (non-hydrogen) atoms. The fraction of sp³-hybridized carbons (Fsp3) is 0.900. The predicted octanol–water partition coefficient (Wildman–Crippen LogP) is 0.751. The molecule has 2 amide bonds. The number of amides is 2. The summed E-state index contributed by atoms with van der Waals surface area (Å²) in [6.07, 6.45) is 5.89. The molecule has 0 aromatic heterocycles. The van der Waals surface area contributed by atoms with Gasteiger partial charge in [0.05, 0.1) is 6.10 Å². The largest absolute Gasteiger partial charge is 0.393 e. The zero-order valence-electron chi connectivity index (χ0n) is 8.33. The van der Waals surface area contributed by atoms with Crippen molar-refractivity contribution in [3.8, 4) is 0 Å². The number of aliphatic hydroxyl groups excluding tert-OH is 1. The Labute approximate surface area is 84.1 Å². The monoisotopic (exact) mass is 198 g/mol. The molecule has 4 heteroatoms. The van der Waals surface area contributed by atoms with E-state index in [0.717, 1.165) is 12.8 Å². The molecule has 0 aromatic rings. The third-order valence-corrected chi connectivity index (χ3v) is 3.14. The Kier molecular flexibility index (Phi) is 2.91. The second-order valence-corrected chi connectivity index (χ2v) is 4.42. The van der Waals surface area contributed by atoms with Crippen LogP contribution in [0.5, 0.6) is 0 Å². The smallest absolute Gasteiger partial charge is 0.315 e. The van der Waals surface area contributed by atoms with Gasteiger partial charge in [0.25, 0.3) is 0 Å². The van der Waals surface area contributed by atoms with Crippen molar-refractivity contribution in [2.24, 2.45) is 0 Å². The van der Waals surface area contributed by atoms with E-state index in [0.29, 0.717) is 18.9 Å². The number of carbonyl (C=O) groups is 1. The molecule has 0 atom stereocenters. The molecule has 0 bridgehead atoms. The van der Waals surface area contributed by atoms with Crippen LogP contribution in [-0.4, -0.2) is 29.3 Å².